The van der Waals surface area contributed by atoms with Crippen molar-refractivity contribution in [3.05, 3.63) is 0 Å². The summed E-state index contributed by atoms with van der Waals surface area (Å²) in [5.74, 6) is 0. The second-order valence-corrected chi connectivity index (χ2v) is 2.51. The molecule has 0 amide bonds. The topological polar surface area (TPSA) is 60.3 Å². The Morgan fingerprint density at radius 1 is 0.857 bits per heavy atom. The number of aliphatic imine (C=N–C) groups is 1. The maximum atomic E-state index is 8.39. The predicted octanol–water partition coefficient (Wildman–Crippen LogP) is -0.271. The fraction of sp³-hybridized carbons (Fsp3) is 0.889. The van der Waals surface area contributed by atoms with Gasteiger partial charge in [-0.25, -0.2) is 0 Å². The van der Waals surface area contributed by atoms with Crippen molar-refractivity contribution >= 4 is 6.72 Å². The fourth-order valence-corrected chi connectivity index (χ4v) is 0.736. The van der Waals surface area contributed by atoms with E-state index in [-0.39, 0.29) is 6.61 Å². The summed E-state index contributed by atoms with van der Waals surface area (Å²) < 4.78 is 15.3. The highest BCUT2D eigenvalue weighted by molar-refractivity contribution is 5.22. The van der Waals surface area contributed by atoms with Gasteiger partial charge in [-0.15, -0.1) is 0 Å². The van der Waals surface area contributed by atoms with Crippen LogP contribution in [-0.2, 0) is 14.2 Å². The number of ether oxygens (including phenoxy) is 3. The van der Waals surface area contributed by atoms with Gasteiger partial charge in [0.05, 0.1) is 52.8 Å². The van der Waals surface area contributed by atoms with E-state index in [4.69, 9.17) is 19.3 Å². The molecule has 0 radical (unpaired) electrons. The quantitative estimate of drug-likeness (QED) is 0.372. The molecule has 0 unspecified atom stereocenters. The Morgan fingerprint density at radius 2 is 1.36 bits per heavy atom. The van der Waals surface area contributed by atoms with Crippen LogP contribution in [0.5, 0.6) is 0 Å². The highest BCUT2D eigenvalue weighted by atomic mass is 16.5. The summed E-state index contributed by atoms with van der Waals surface area (Å²) in [6.07, 6.45) is 0. The fourth-order valence-electron chi connectivity index (χ4n) is 0.736. The Bertz CT molecular complexity index is 121. The molecule has 5 heteroatoms. The lowest BCUT2D eigenvalue weighted by Crippen LogP contribution is -2.11. The number of aliphatic hydroxyl groups excluding tert-OH is 1. The summed E-state index contributed by atoms with van der Waals surface area (Å²) in [7, 11) is 0. The molecule has 0 aromatic rings. The largest absolute Gasteiger partial charge is 0.394 e. The van der Waals surface area contributed by atoms with Crippen molar-refractivity contribution in [1.82, 2.24) is 0 Å². The Morgan fingerprint density at radius 3 is 1.86 bits per heavy atom. The van der Waals surface area contributed by atoms with Crippen LogP contribution < -0.4 is 0 Å². The molecule has 0 aromatic carbocycles. The van der Waals surface area contributed by atoms with Crippen molar-refractivity contribution in [1.29, 1.82) is 0 Å². The second kappa shape index (κ2) is 12.5. The SMILES string of the molecule is C=NCCOCCOCCOCCO. The van der Waals surface area contributed by atoms with Crippen molar-refractivity contribution in [2.75, 3.05) is 52.8 Å². The molecule has 0 fully saturated rings. The molecule has 0 rings (SSSR count). The average molecular weight is 205 g/mol. The van der Waals surface area contributed by atoms with Crippen LogP contribution in [0.3, 0.4) is 0 Å². The summed E-state index contributed by atoms with van der Waals surface area (Å²) >= 11 is 0. The van der Waals surface area contributed by atoms with Gasteiger partial charge in [-0.3, -0.25) is 4.99 Å². The van der Waals surface area contributed by atoms with Crippen LogP contribution in [0, 0.1) is 0 Å². The molecule has 0 saturated carbocycles. The lowest BCUT2D eigenvalue weighted by molar-refractivity contribution is 0.00894. The molecule has 0 spiro atoms. The van der Waals surface area contributed by atoms with Crippen molar-refractivity contribution in [3.8, 4) is 0 Å². The Kier molecular flexibility index (Phi) is 12.1. The zero-order valence-corrected chi connectivity index (χ0v) is 8.48. The van der Waals surface area contributed by atoms with Crippen LogP contribution in [0.25, 0.3) is 0 Å². The minimum atomic E-state index is 0.0532. The molecule has 0 aliphatic heterocycles. The van der Waals surface area contributed by atoms with Crippen LogP contribution in [0.2, 0.25) is 0 Å². The normalized spacial score (nSPS) is 10.4. The van der Waals surface area contributed by atoms with Gasteiger partial charge in [0.1, 0.15) is 0 Å². The molecular formula is C9H19NO4. The molecule has 0 aromatic heterocycles. The zero-order chi connectivity index (χ0) is 10.5. The molecule has 0 saturated heterocycles. The van der Waals surface area contributed by atoms with Gasteiger partial charge in [0.15, 0.2) is 0 Å². The van der Waals surface area contributed by atoms with Gasteiger partial charge < -0.3 is 19.3 Å². The van der Waals surface area contributed by atoms with Crippen LogP contribution in [-0.4, -0.2) is 64.6 Å². The first-order valence-corrected chi connectivity index (χ1v) is 4.68. The number of aliphatic hydroxyl groups is 1. The first-order valence-electron chi connectivity index (χ1n) is 4.68. The minimum Gasteiger partial charge on any atom is -0.394 e. The van der Waals surface area contributed by atoms with Gasteiger partial charge in [0.2, 0.25) is 0 Å². The molecule has 0 atom stereocenters. The smallest absolute Gasteiger partial charge is 0.0701 e. The van der Waals surface area contributed by atoms with Gasteiger partial charge in [-0.1, -0.05) is 0 Å². The molecule has 5 nitrogen and oxygen atoms in total. The summed E-state index contributed by atoms with van der Waals surface area (Å²) in [5, 5.41) is 8.39. The number of nitrogens with zero attached hydrogens (tertiary/aromatic N) is 1. The van der Waals surface area contributed by atoms with E-state index in [9.17, 15) is 0 Å². The third-order valence-electron chi connectivity index (χ3n) is 1.37. The van der Waals surface area contributed by atoms with E-state index in [1.54, 1.807) is 0 Å². The van der Waals surface area contributed by atoms with Gasteiger partial charge in [-0.05, 0) is 6.72 Å². The predicted molar refractivity (Wildman–Crippen MR) is 54.0 cm³/mol. The molecule has 1 N–H and O–H groups in total. The number of rotatable bonds is 11. The van der Waals surface area contributed by atoms with Crippen molar-refractivity contribution in [3.63, 3.8) is 0 Å². The number of hydrogen-bond acceptors (Lipinski definition) is 5. The van der Waals surface area contributed by atoms with E-state index >= 15 is 0 Å². The minimum absolute atomic E-state index is 0.0532. The summed E-state index contributed by atoms with van der Waals surface area (Å²) in [5.41, 5.74) is 0. The molecule has 14 heavy (non-hydrogen) atoms. The first-order chi connectivity index (χ1) is 6.91. The molecule has 0 aliphatic rings. The van der Waals surface area contributed by atoms with Gasteiger partial charge in [0, 0.05) is 0 Å². The van der Waals surface area contributed by atoms with Crippen LogP contribution in [0.1, 0.15) is 0 Å². The zero-order valence-electron chi connectivity index (χ0n) is 8.48. The summed E-state index contributed by atoms with van der Waals surface area (Å²) in [4.78, 5) is 3.64. The average Bonchev–Trinajstić information content (AvgIpc) is 2.21. The maximum absolute atomic E-state index is 8.39. The first kappa shape index (κ1) is 13.5. The van der Waals surface area contributed by atoms with E-state index in [2.05, 4.69) is 11.7 Å². The van der Waals surface area contributed by atoms with Crippen molar-refractivity contribution in [2.45, 2.75) is 0 Å². The Balaban J connectivity index is 2.81. The van der Waals surface area contributed by atoms with E-state index in [1.165, 1.54) is 0 Å². The van der Waals surface area contributed by atoms with Crippen LogP contribution in [0.15, 0.2) is 4.99 Å². The second-order valence-electron chi connectivity index (χ2n) is 2.51. The highest BCUT2D eigenvalue weighted by Crippen LogP contribution is 1.81. The molecule has 0 aliphatic carbocycles. The standard InChI is InChI=1S/C9H19NO4/c1-10-2-4-12-6-8-14-9-7-13-5-3-11/h11H,1-9H2. The number of hydrogen-bond donors (Lipinski definition) is 1. The molecule has 0 bridgehead atoms. The van der Waals surface area contributed by atoms with E-state index in [0.29, 0.717) is 46.2 Å². The Hall–Kier alpha value is -0.490. The van der Waals surface area contributed by atoms with Crippen LogP contribution >= 0.6 is 0 Å². The van der Waals surface area contributed by atoms with Gasteiger partial charge in [-0.2, -0.15) is 0 Å². The van der Waals surface area contributed by atoms with Gasteiger partial charge in [0.25, 0.3) is 0 Å². The summed E-state index contributed by atoms with van der Waals surface area (Å²) in [6.45, 7) is 7.13. The lowest BCUT2D eigenvalue weighted by Gasteiger charge is -2.05. The third kappa shape index (κ3) is 11.5. The maximum Gasteiger partial charge on any atom is 0.0701 e. The Labute approximate surface area is 84.7 Å². The van der Waals surface area contributed by atoms with Crippen LogP contribution in [0.4, 0.5) is 0 Å². The molecule has 84 valence electrons. The molecule has 0 heterocycles. The van der Waals surface area contributed by atoms with E-state index in [1.807, 2.05) is 0 Å². The lowest BCUT2D eigenvalue weighted by atomic mass is 10.7. The molecular weight excluding hydrogens is 186 g/mol. The van der Waals surface area contributed by atoms with Gasteiger partial charge >= 0.3 is 0 Å². The van der Waals surface area contributed by atoms with Crippen molar-refractivity contribution in [2.24, 2.45) is 4.99 Å². The van der Waals surface area contributed by atoms with E-state index in [0.717, 1.165) is 0 Å². The summed E-state index contributed by atoms with van der Waals surface area (Å²) in [6, 6.07) is 0. The highest BCUT2D eigenvalue weighted by Gasteiger charge is 1.90. The monoisotopic (exact) mass is 205 g/mol. The van der Waals surface area contributed by atoms with Crippen molar-refractivity contribution < 1.29 is 19.3 Å². The third-order valence-corrected chi connectivity index (χ3v) is 1.37. The van der Waals surface area contributed by atoms with E-state index < -0.39 is 0 Å².